The second-order valence-corrected chi connectivity index (χ2v) is 6.77. The van der Waals surface area contributed by atoms with Gasteiger partial charge in [-0.25, -0.2) is 9.37 Å². The molecule has 152 valence electrons. The molecule has 9 heteroatoms. The summed E-state index contributed by atoms with van der Waals surface area (Å²) in [5.41, 5.74) is 2.32. The molecule has 1 aromatic carbocycles. The number of carbonyl (C=O) groups excluding carboxylic acids is 2. The Bertz CT molecular complexity index is 1280. The number of aryl methyl sites for hydroxylation is 2. The fourth-order valence-electron chi connectivity index (χ4n) is 3.26. The number of fused-ring (bicyclic) bond motifs is 1. The van der Waals surface area contributed by atoms with Gasteiger partial charge in [0.25, 0.3) is 5.91 Å². The Morgan fingerprint density at radius 3 is 2.67 bits per heavy atom. The summed E-state index contributed by atoms with van der Waals surface area (Å²) in [5, 5.41) is 10.1. The van der Waals surface area contributed by atoms with Crippen LogP contribution in [-0.2, 0) is 11.8 Å². The smallest absolute Gasteiger partial charge is 0.256 e. The van der Waals surface area contributed by atoms with Crippen LogP contribution in [0.2, 0.25) is 0 Å². The molecule has 0 aliphatic carbocycles. The summed E-state index contributed by atoms with van der Waals surface area (Å²) in [6.07, 6.45) is 1.53. The summed E-state index contributed by atoms with van der Waals surface area (Å²) in [6, 6.07) is 9.06. The quantitative estimate of drug-likeness (QED) is 0.534. The first-order chi connectivity index (χ1) is 14.3. The topological polar surface area (TPSA) is 102 Å². The molecule has 0 unspecified atom stereocenters. The zero-order chi connectivity index (χ0) is 21.4. The van der Waals surface area contributed by atoms with E-state index in [1.54, 1.807) is 36.9 Å². The first kappa shape index (κ1) is 19.3. The van der Waals surface area contributed by atoms with Crippen LogP contribution in [0.25, 0.3) is 22.5 Å². The van der Waals surface area contributed by atoms with Gasteiger partial charge in [-0.2, -0.15) is 5.10 Å². The van der Waals surface area contributed by atoms with Crippen molar-refractivity contribution in [3.63, 3.8) is 0 Å². The lowest BCUT2D eigenvalue weighted by atomic mass is 10.1. The first-order valence-corrected chi connectivity index (χ1v) is 9.10. The van der Waals surface area contributed by atoms with E-state index < -0.39 is 17.6 Å². The highest BCUT2D eigenvalue weighted by molar-refractivity contribution is 6.13. The van der Waals surface area contributed by atoms with Crippen LogP contribution in [0.1, 0.15) is 23.0 Å². The molecule has 0 saturated carbocycles. The molecule has 0 radical (unpaired) electrons. The van der Waals surface area contributed by atoms with Gasteiger partial charge in [0, 0.05) is 19.7 Å². The fraction of sp³-hybridized carbons (Fsp3) is 0.143. The van der Waals surface area contributed by atoms with E-state index in [4.69, 9.17) is 4.42 Å². The van der Waals surface area contributed by atoms with Crippen LogP contribution in [0.5, 0.6) is 0 Å². The van der Waals surface area contributed by atoms with Gasteiger partial charge >= 0.3 is 0 Å². The molecule has 0 saturated heterocycles. The number of amides is 2. The van der Waals surface area contributed by atoms with Gasteiger partial charge in [-0.05, 0) is 43.3 Å². The highest BCUT2D eigenvalue weighted by Gasteiger charge is 2.20. The molecule has 2 N–H and O–H groups in total. The molecule has 30 heavy (non-hydrogen) atoms. The zero-order valence-corrected chi connectivity index (χ0v) is 16.5. The Morgan fingerprint density at radius 2 is 1.97 bits per heavy atom. The summed E-state index contributed by atoms with van der Waals surface area (Å²) in [7, 11) is 1.75. The zero-order valence-electron chi connectivity index (χ0n) is 16.5. The van der Waals surface area contributed by atoms with Gasteiger partial charge in [0.15, 0.2) is 11.4 Å². The van der Waals surface area contributed by atoms with Crippen molar-refractivity contribution in [3.05, 3.63) is 59.7 Å². The molecule has 0 bridgehead atoms. The summed E-state index contributed by atoms with van der Waals surface area (Å²) >= 11 is 0. The number of aromatic nitrogens is 3. The molecule has 0 aliphatic heterocycles. The van der Waals surface area contributed by atoms with E-state index >= 15 is 0 Å². The highest BCUT2D eigenvalue weighted by Crippen LogP contribution is 2.28. The van der Waals surface area contributed by atoms with Crippen molar-refractivity contribution in [1.82, 2.24) is 14.8 Å². The number of furan rings is 1. The van der Waals surface area contributed by atoms with Crippen molar-refractivity contribution in [1.29, 1.82) is 0 Å². The second kappa shape index (κ2) is 7.43. The van der Waals surface area contributed by atoms with Crippen molar-refractivity contribution in [2.75, 3.05) is 10.6 Å². The Labute approximate surface area is 170 Å². The van der Waals surface area contributed by atoms with Crippen molar-refractivity contribution in [2.24, 2.45) is 7.05 Å². The molecular weight excluding hydrogens is 389 g/mol. The fourth-order valence-corrected chi connectivity index (χ4v) is 3.26. The number of nitrogens with one attached hydrogen (secondary N) is 2. The maximum Gasteiger partial charge on any atom is 0.256 e. The van der Waals surface area contributed by atoms with Gasteiger partial charge < -0.3 is 15.1 Å². The Balaban J connectivity index is 1.77. The molecule has 4 rings (SSSR count). The third-order valence-corrected chi connectivity index (χ3v) is 4.52. The third kappa shape index (κ3) is 3.52. The highest BCUT2D eigenvalue weighted by atomic mass is 19.1. The van der Waals surface area contributed by atoms with Gasteiger partial charge in [-0.1, -0.05) is 0 Å². The van der Waals surface area contributed by atoms with Crippen LogP contribution in [-0.4, -0.2) is 26.6 Å². The molecule has 4 aromatic rings. The summed E-state index contributed by atoms with van der Waals surface area (Å²) < 4.78 is 20.9. The maximum absolute atomic E-state index is 13.9. The van der Waals surface area contributed by atoms with E-state index in [1.807, 2.05) is 0 Å². The lowest BCUT2D eigenvalue weighted by Crippen LogP contribution is -2.14. The Kier molecular flexibility index (Phi) is 4.78. The average Bonchev–Trinajstić information content (AvgIpc) is 3.32. The number of anilines is 2. The molecule has 3 aromatic heterocycles. The summed E-state index contributed by atoms with van der Waals surface area (Å²) in [6.45, 7) is 3.07. The first-order valence-electron chi connectivity index (χ1n) is 9.10. The van der Waals surface area contributed by atoms with E-state index in [1.165, 1.54) is 31.4 Å². The predicted molar refractivity (Wildman–Crippen MR) is 110 cm³/mol. The van der Waals surface area contributed by atoms with Crippen molar-refractivity contribution >= 4 is 34.2 Å². The SMILES string of the molecule is CC(=O)Nc1cc(NC(=O)c2cc(-c3ccco3)nc3c2c(C)nn3C)ccc1F. The van der Waals surface area contributed by atoms with E-state index in [9.17, 15) is 14.0 Å². The number of hydrogen-bond donors (Lipinski definition) is 2. The van der Waals surface area contributed by atoms with Gasteiger partial charge in [0.1, 0.15) is 11.5 Å². The number of nitrogens with zero attached hydrogens (tertiary/aromatic N) is 3. The molecule has 3 heterocycles. The predicted octanol–water partition coefficient (Wildman–Crippen LogP) is 3.89. The van der Waals surface area contributed by atoms with Crippen LogP contribution < -0.4 is 10.6 Å². The molecule has 0 fully saturated rings. The van der Waals surface area contributed by atoms with E-state index in [0.29, 0.717) is 39.4 Å². The minimum atomic E-state index is -0.599. The maximum atomic E-state index is 13.9. The summed E-state index contributed by atoms with van der Waals surface area (Å²) in [5.74, 6) is -0.925. The van der Waals surface area contributed by atoms with Crippen LogP contribution in [0.15, 0.2) is 47.1 Å². The van der Waals surface area contributed by atoms with Crippen LogP contribution in [0, 0.1) is 12.7 Å². The largest absolute Gasteiger partial charge is 0.463 e. The van der Waals surface area contributed by atoms with Crippen LogP contribution in [0.3, 0.4) is 0 Å². The minimum Gasteiger partial charge on any atom is -0.463 e. The van der Waals surface area contributed by atoms with Gasteiger partial charge in [0.05, 0.1) is 28.6 Å². The van der Waals surface area contributed by atoms with Gasteiger partial charge in [-0.15, -0.1) is 0 Å². The lowest BCUT2D eigenvalue weighted by molar-refractivity contribution is -0.114. The minimum absolute atomic E-state index is 0.0194. The second-order valence-electron chi connectivity index (χ2n) is 6.77. The Hall–Kier alpha value is -4.01. The number of halogens is 1. The van der Waals surface area contributed by atoms with Crippen molar-refractivity contribution in [2.45, 2.75) is 13.8 Å². The lowest BCUT2D eigenvalue weighted by Gasteiger charge is -2.10. The Morgan fingerprint density at radius 1 is 1.17 bits per heavy atom. The number of benzene rings is 1. The monoisotopic (exact) mass is 407 g/mol. The molecule has 2 amide bonds. The molecular formula is C21H18FN5O3. The number of carbonyl (C=O) groups is 2. The van der Waals surface area contributed by atoms with Gasteiger partial charge in [0.2, 0.25) is 5.91 Å². The number of hydrogen-bond acceptors (Lipinski definition) is 5. The average molecular weight is 407 g/mol. The molecule has 0 spiro atoms. The normalized spacial score (nSPS) is 10.9. The number of pyridine rings is 1. The summed E-state index contributed by atoms with van der Waals surface area (Å²) in [4.78, 5) is 29.0. The van der Waals surface area contributed by atoms with Crippen LogP contribution in [0.4, 0.5) is 15.8 Å². The molecule has 0 aliphatic rings. The molecule has 8 nitrogen and oxygen atoms in total. The van der Waals surface area contributed by atoms with E-state index in [2.05, 4.69) is 20.7 Å². The van der Waals surface area contributed by atoms with Crippen LogP contribution >= 0.6 is 0 Å². The van der Waals surface area contributed by atoms with Gasteiger partial charge in [-0.3, -0.25) is 14.3 Å². The van der Waals surface area contributed by atoms with E-state index in [-0.39, 0.29) is 5.69 Å². The van der Waals surface area contributed by atoms with Crippen molar-refractivity contribution < 1.29 is 18.4 Å². The van der Waals surface area contributed by atoms with E-state index in [0.717, 1.165) is 0 Å². The number of rotatable bonds is 4. The third-order valence-electron chi connectivity index (χ3n) is 4.52. The standard InChI is InChI=1S/C21H18FN5O3/c1-11-19-14(10-17(18-5-4-8-30-18)25-20(19)27(3)26-11)21(29)24-13-6-7-15(22)16(9-13)23-12(2)28/h4-10H,1-3H3,(H,23,28)(H,24,29). The van der Waals surface area contributed by atoms with Crippen molar-refractivity contribution in [3.8, 4) is 11.5 Å². The molecule has 0 atom stereocenters.